The number of nitrogen functional groups attached to an aromatic ring is 1. The number of hydrogen-bond acceptors (Lipinski definition) is 3. The topological polar surface area (TPSA) is 60.2 Å². The Hall–Kier alpha value is -0.810. The number of hydrogen-bond donors (Lipinski definition) is 1. The van der Waals surface area contributed by atoms with E-state index >= 15 is 0 Å². The quantitative estimate of drug-likeness (QED) is 0.564. The molecule has 0 bridgehead atoms. The third-order valence-corrected chi connectivity index (χ3v) is 1.96. The molecule has 6 heteroatoms. The van der Waals surface area contributed by atoms with Crippen molar-refractivity contribution in [2.45, 2.75) is 4.90 Å². The number of halogens is 2. The smallest absolute Gasteiger partial charge is 0.332 e. The molecule has 0 atom stereocenters. The fourth-order valence-electron chi connectivity index (χ4n) is 0.666. The lowest BCUT2D eigenvalue weighted by Crippen LogP contribution is -1.93. The van der Waals surface area contributed by atoms with Gasteiger partial charge < -0.3 is 5.73 Å². The summed E-state index contributed by atoms with van der Waals surface area (Å²) in [5.74, 6) is 0. The molecule has 0 amide bonds. The average molecular weight is 212 g/mol. The molecule has 0 unspecified atom stereocenters. The van der Waals surface area contributed by atoms with E-state index in [0.717, 1.165) is 12.1 Å². The summed E-state index contributed by atoms with van der Waals surface area (Å²) >= 11 is 0. The van der Waals surface area contributed by atoms with E-state index in [9.17, 15) is 12.3 Å². The van der Waals surface area contributed by atoms with Crippen LogP contribution in [0.4, 0.5) is 9.57 Å². The first-order valence-corrected chi connectivity index (χ1v) is 4.19. The van der Waals surface area contributed by atoms with Crippen LogP contribution in [0.1, 0.15) is 0 Å². The molecule has 68 valence electrons. The van der Waals surface area contributed by atoms with Crippen LogP contribution in [-0.4, -0.2) is 8.42 Å². The van der Waals surface area contributed by atoms with Gasteiger partial charge in [0, 0.05) is 5.69 Å². The highest BCUT2D eigenvalue weighted by Gasteiger charge is 2.10. The van der Waals surface area contributed by atoms with Gasteiger partial charge in [-0.15, -0.1) is 16.3 Å². The van der Waals surface area contributed by atoms with E-state index in [2.05, 4.69) is 0 Å². The van der Waals surface area contributed by atoms with Gasteiger partial charge in [0.2, 0.25) is 0 Å². The molecular formula is C6H7ClFNO2S. The van der Waals surface area contributed by atoms with Crippen molar-refractivity contribution in [2.75, 3.05) is 5.73 Å². The van der Waals surface area contributed by atoms with Gasteiger partial charge in [0.15, 0.2) is 0 Å². The van der Waals surface area contributed by atoms with Crippen molar-refractivity contribution in [3.8, 4) is 0 Å². The second-order valence-electron chi connectivity index (χ2n) is 2.01. The SMILES string of the molecule is Cl.Nc1cccc(S(=O)(=O)F)c1. The highest BCUT2D eigenvalue weighted by Crippen LogP contribution is 2.14. The van der Waals surface area contributed by atoms with Crippen molar-refractivity contribution in [3.05, 3.63) is 24.3 Å². The van der Waals surface area contributed by atoms with Gasteiger partial charge in [0.25, 0.3) is 0 Å². The molecule has 12 heavy (non-hydrogen) atoms. The molecule has 1 aromatic rings. The first-order chi connectivity index (χ1) is 5.00. The van der Waals surface area contributed by atoms with Crippen LogP contribution in [0.2, 0.25) is 0 Å². The Balaban J connectivity index is 0.00000121. The van der Waals surface area contributed by atoms with Crippen molar-refractivity contribution in [1.29, 1.82) is 0 Å². The number of benzene rings is 1. The molecule has 0 aromatic heterocycles. The van der Waals surface area contributed by atoms with E-state index in [4.69, 9.17) is 5.73 Å². The third-order valence-electron chi connectivity index (χ3n) is 1.14. The van der Waals surface area contributed by atoms with Crippen LogP contribution in [0.25, 0.3) is 0 Å². The standard InChI is InChI=1S/C6H6FNO2S.ClH/c7-11(9,10)6-3-1-2-5(8)4-6;/h1-4H,8H2;1H. The van der Waals surface area contributed by atoms with E-state index in [1.807, 2.05) is 0 Å². The molecular weight excluding hydrogens is 205 g/mol. The second-order valence-corrected chi connectivity index (χ2v) is 3.36. The maximum atomic E-state index is 12.2. The monoisotopic (exact) mass is 211 g/mol. The van der Waals surface area contributed by atoms with Crippen molar-refractivity contribution < 1.29 is 12.3 Å². The Morgan fingerprint density at radius 1 is 1.33 bits per heavy atom. The molecule has 0 aliphatic heterocycles. The van der Waals surface area contributed by atoms with Crippen LogP contribution in [0, 0.1) is 0 Å². The normalized spacial score (nSPS) is 10.4. The maximum absolute atomic E-state index is 12.2. The molecule has 0 heterocycles. The Bertz CT molecular complexity index is 366. The molecule has 0 radical (unpaired) electrons. The predicted octanol–water partition coefficient (Wildman–Crippen LogP) is 1.35. The largest absolute Gasteiger partial charge is 0.399 e. The molecule has 3 nitrogen and oxygen atoms in total. The van der Waals surface area contributed by atoms with Crippen LogP contribution < -0.4 is 5.73 Å². The lowest BCUT2D eigenvalue weighted by atomic mass is 10.3. The lowest BCUT2D eigenvalue weighted by Gasteiger charge is -1.94. The lowest BCUT2D eigenvalue weighted by molar-refractivity contribution is 0.552. The fourth-order valence-corrected chi connectivity index (χ4v) is 1.18. The van der Waals surface area contributed by atoms with Gasteiger partial charge in [-0.05, 0) is 18.2 Å². The van der Waals surface area contributed by atoms with Crippen LogP contribution in [0.3, 0.4) is 0 Å². The minimum absolute atomic E-state index is 0. The molecule has 0 saturated heterocycles. The molecule has 0 aliphatic rings. The molecule has 0 fully saturated rings. The number of rotatable bonds is 1. The summed E-state index contributed by atoms with van der Waals surface area (Å²) in [5.41, 5.74) is 5.45. The molecule has 1 rings (SSSR count). The fraction of sp³-hybridized carbons (Fsp3) is 0. The van der Waals surface area contributed by atoms with Gasteiger partial charge in [-0.25, -0.2) is 0 Å². The van der Waals surface area contributed by atoms with Gasteiger partial charge in [0.05, 0.1) is 0 Å². The van der Waals surface area contributed by atoms with Crippen molar-refractivity contribution in [1.82, 2.24) is 0 Å². The molecule has 0 spiro atoms. The van der Waals surface area contributed by atoms with Gasteiger partial charge >= 0.3 is 10.2 Å². The summed E-state index contributed by atoms with van der Waals surface area (Å²) in [5, 5.41) is 0. The van der Waals surface area contributed by atoms with Gasteiger partial charge in [-0.3, -0.25) is 0 Å². The van der Waals surface area contributed by atoms with Crippen molar-refractivity contribution in [3.63, 3.8) is 0 Å². The van der Waals surface area contributed by atoms with Gasteiger partial charge in [-0.1, -0.05) is 6.07 Å². The maximum Gasteiger partial charge on any atom is 0.332 e. The highest BCUT2D eigenvalue weighted by molar-refractivity contribution is 7.86. The number of anilines is 1. The second kappa shape index (κ2) is 3.73. The molecule has 0 aliphatic carbocycles. The summed E-state index contributed by atoms with van der Waals surface area (Å²) in [7, 11) is -4.61. The first-order valence-electron chi connectivity index (χ1n) is 2.80. The van der Waals surface area contributed by atoms with E-state index in [1.165, 1.54) is 12.1 Å². The molecule has 1 aromatic carbocycles. The van der Waals surface area contributed by atoms with E-state index in [1.54, 1.807) is 0 Å². The Labute approximate surface area is 76.0 Å². The predicted molar refractivity (Wildman–Crippen MR) is 46.4 cm³/mol. The van der Waals surface area contributed by atoms with E-state index in [0.29, 0.717) is 0 Å². The van der Waals surface area contributed by atoms with E-state index < -0.39 is 15.1 Å². The van der Waals surface area contributed by atoms with Crippen molar-refractivity contribution in [2.24, 2.45) is 0 Å². The summed E-state index contributed by atoms with van der Waals surface area (Å²) in [4.78, 5) is -0.405. The zero-order chi connectivity index (χ0) is 8.48. The van der Waals surface area contributed by atoms with Crippen LogP contribution in [-0.2, 0) is 10.2 Å². The highest BCUT2D eigenvalue weighted by atomic mass is 35.5. The Morgan fingerprint density at radius 2 is 1.92 bits per heavy atom. The summed E-state index contributed by atoms with van der Waals surface area (Å²) in [6.07, 6.45) is 0. The van der Waals surface area contributed by atoms with E-state index in [-0.39, 0.29) is 18.1 Å². The van der Waals surface area contributed by atoms with Crippen LogP contribution >= 0.6 is 12.4 Å². The van der Waals surface area contributed by atoms with Crippen LogP contribution in [0.15, 0.2) is 29.2 Å². The molecule has 0 saturated carbocycles. The van der Waals surface area contributed by atoms with Crippen molar-refractivity contribution >= 4 is 28.3 Å². The third kappa shape index (κ3) is 2.67. The Morgan fingerprint density at radius 3 is 2.25 bits per heavy atom. The summed E-state index contributed by atoms with van der Waals surface area (Å²) in [6.45, 7) is 0. The summed E-state index contributed by atoms with van der Waals surface area (Å²) < 4.78 is 32.7. The zero-order valence-electron chi connectivity index (χ0n) is 5.90. The van der Waals surface area contributed by atoms with Gasteiger partial charge in [0.1, 0.15) is 4.90 Å². The minimum Gasteiger partial charge on any atom is -0.399 e. The average Bonchev–Trinajstić information content (AvgIpc) is 1.86. The minimum atomic E-state index is -4.61. The number of nitrogens with two attached hydrogens (primary N) is 1. The Kier molecular flexibility index (Phi) is 3.48. The van der Waals surface area contributed by atoms with Gasteiger partial charge in [-0.2, -0.15) is 8.42 Å². The first kappa shape index (κ1) is 11.2. The molecule has 2 N–H and O–H groups in total. The zero-order valence-corrected chi connectivity index (χ0v) is 7.53. The summed E-state index contributed by atoms with van der Waals surface area (Å²) in [6, 6.07) is 5.07. The van der Waals surface area contributed by atoms with Crippen LogP contribution in [0.5, 0.6) is 0 Å².